The van der Waals surface area contributed by atoms with Crippen LogP contribution in [-0.2, 0) is 16.6 Å². The number of likely N-dealkylation sites (tertiary alicyclic amines) is 1. The van der Waals surface area contributed by atoms with Crippen LogP contribution in [0.4, 0.5) is 0 Å². The molecule has 5 nitrogen and oxygen atoms in total. The van der Waals surface area contributed by atoms with Crippen LogP contribution in [0.1, 0.15) is 76.3 Å². The average Bonchev–Trinajstić information content (AvgIpc) is 3.46. The van der Waals surface area contributed by atoms with Gasteiger partial charge in [0.15, 0.2) is 23.4 Å². The van der Waals surface area contributed by atoms with Crippen LogP contribution in [0.2, 0.25) is 0 Å². The zero-order valence-corrected chi connectivity index (χ0v) is 18.3. The summed E-state index contributed by atoms with van der Waals surface area (Å²) in [4.78, 5) is 15.2. The number of carbonyl (C=O) groups excluding carboxylic acids is 1. The summed E-state index contributed by atoms with van der Waals surface area (Å²) in [7, 11) is 0. The number of phenolic OH excluding ortho intramolecular Hbond substituents is 1. The first-order valence-electron chi connectivity index (χ1n) is 12.0. The molecule has 1 spiro atoms. The third kappa shape index (κ3) is 2.70. The lowest BCUT2D eigenvalue weighted by molar-refractivity contribution is -0.188. The van der Waals surface area contributed by atoms with Crippen molar-refractivity contribution in [1.82, 2.24) is 4.90 Å². The fourth-order valence-corrected chi connectivity index (χ4v) is 6.62. The minimum absolute atomic E-state index is 0.0454. The first kappa shape index (κ1) is 20.3. The van der Waals surface area contributed by atoms with Gasteiger partial charge in [-0.05, 0) is 56.2 Å². The van der Waals surface area contributed by atoms with Crippen molar-refractivity contribution >= 4 is 5.78 Å². The van der Waals surface area contributed by atoms with Crippen molar-refractivity contribution in [3.05, 3.63) is 23.3 Å². The van der Waals surface area contributed by atoms with Crippen molar-refractivity contribution in [2.75, 3.05) is 13.1 Å². The van der Waals surface area contributed by atoms with E-state index in [0.29, 0.717) is 18.6 Å². The van der Waals surface area contributed by atoms with Crippen LogP contribution in [0, 0.1) is 5.92 Å². The van der Waals surface area contributed by atoms with Crippen molar-refractivity contribution in [1.29, 1.82) is 0 Å². The fourth-order valence-electron chi connectivity index (χ4n) is 6.62. The van der Waals surface area contributed by atoms with E-state index in [0.717, 1.165) is 43.0 Å². The standard InChI is InChI=1S/C20H23NO4.C5H12/c22-13-4-3-12-9-15-20(24)6-5-14(23)18-19(20,16(12)17(13)25-18)7-8-21(15)10-11-1-2-11;1-3-5-4-2/h3-4,11,15,18,22,24H,1-2,5-10H2;3-5H2,1-2H3/t15-,18+,19+,20-;/m1./s1. The Labute approximate surface area is 179 Å². The average molecular weight is 414 g/mol. The third-order valence-electron chi connectivity index (χ3n) is 8.27. The molecule has 0 amide bonds. The molecule has 1 aromatic rings. The summed E-state index contributed by atoms with van der Waals surface area (Å²) in [6, 6.07) is 3.69. The van der Waals surface area contributed by atoms with Crippen LogP contribution in [0.25, 0.3) is 0 Å². The third-order valence-corrected chi connectivity index (χ3v) is 8.27. The molecule has 3 aliphatic carbocycles. The number of ether oxygens (including phenoxy) is 1. The van der Waals surface area contributed by atoms with Gasteiger partial charge in [0, 0.05) is 24.6 Å². The Bertz CT molecular complexity index is 848. The fraction of sp³-hybridized carbons (Fsp3) is 0.720. The molecule has 0 aromatic heterocycles. The number of nitrogens with zero attached hydrogens (tertiary/aromatic N) is 1. The predicted octanol–water partition coefficient (Wildman–Crippen LogP) is 3.72. The van der Waals surface area contributed by atoms with E-state index in [-0.39, 0.29) is 17.6 Å². The Kier molecular flexibility index (Phi) is 4.90. The summed E-state index contributed by atoms with van der Waals surface area (Å²) < 4.78 is 6.04. The quantitative estimate of drug-likeness (QED) is 0.787. The van der Waals surface area contributed by atoms with Gasteiger partial charge in [0.25, 0.3) is 0 Å². The number of carbonyl (C=O) groups is 1. The first-order chi connectivity index (χ1) is 14.5. The Morgan fingerprint density at radius 2 is 1.97 bits per heavy atom. The maximum Gasteiger partial charge on any atom is 0.174 e. The van der Waals surface area contributed by atoms with Gasteiger partial charge in [0.1, 0.15) is 0 Å². The van der Waals surface area contributed by atoms with Crippen molar-refractivity contribution in [3.8, 4) is 11.5 Å². The molecule has 0 radical (unpaired) electrons. The maximum absolute atomic E-state index is 12.7. The summed E-state index contributed by atoms with van der Waals surface area (Å²) in [6.45, 7) is 6.38. The number of Topliss-reactive ketones (excluding diaryl/α,β-unsaturated/α-hetero) is 1. The van der Waals surface area contributed by atoms with Crippen molar-refractivity contribution < 1.29 is 19.7 Å². The zero-order chi connectivity index (χ0) is 21.1. The highest BCUT2D eigenvalue weighted by Gasteiger charge is 2.73. The number of rotatable bonds is 4. The van der Waals surface area contributed by atoms with E-state index >= 15 is 0 Å². The SMILES string of the molecule is CCCCC.O=C1CC[C@@]2(O)[C@H]3Cc4ccc(O)c5c4[C@@]2(CCN3CC2CC2)[C@H]1O5. The number of benzene rings is 1. The smallest absolute Gasteiger partial charge is 0.174 e. The number of phenols is 1. The molecule has 5 heteroatoms. The van der Waals surface area contributed by atoms with Crippen molar-refractivity contribution in [3.63, 3.8) is 0 Å². The normalized spacial score (nSPS) is 35.9. The lowest BCUT2D eigenvalue weighted by atomic mass is 9.49. The Morgan fingerprint density at radius 3 is 2.63 bits per heavy atom. The number of ketones is 1. The Morgan fingerprint density at radius 1 is 1.20 bits per heavy atom. The summed E-state index contributed by atoms with van der Waals surface area (Å²) in [5, 5.41) is 22.3. The van der Waals surface area contributed by atoms with E-state index in [9.17, 15) is 15.0 Å². The second kappa shape index (κ2) is 7.23. The van der Waals surface area contributed by atoms with Gasteiger partial charge in [-0.3, -0.25) is 9.69 Å². The minimum Gasteiger partial charge on any atom is -0.504 e. The van der Waals surface area contributed by atoms with Crippen LogP contribution in [-0.4, -0.2) is 51.7 Å². The molecule has 6 rings (SSSR count). The van der Waals surface area contributed by atoms with Gasteiger partial charge in [-0.15, -0.1) is 0 Å². The summed E-state index contributed by atoms with van der Waals surface area (Å²) in [6.07, 6.45) is 8.40. The minimum atomic E-state index is -0.940. The molecule has 2 saturated carbocycles. The van der Waals surface area contributed by atoms with Gasteiger partial charge in [-0.2, -0.15) is 0 Å². The molecule has 30 heavy (non-hydrogen) atoms. The molecular formula is C25H35NO4. The second-order valence-corrected chi connectivity index (χ2v) is 10.1. The number of aliphatic hydroxyl groups is 1. The summed E-state index contributed by atoms with van der Waals surface area (Å²) in [5.41, 5.74) is 0.454. The van der Waals surface area contributed by atoms with E-state index in [1.807, 2.05) is 6.07 Å². The topological polar surface area (TPSA) is 70.0 Å². The molecule has 5 aliphatic rings. The van der Waals surface area contributed by atoms with E-state index in [4.69, 9.17) is 4.74 Å². The van der Waals surface area contributed by atoms with E-state index in [1.165, 1.54) is 32.1 Å². The van der Waals surface area contributed by atoms with Crippen LogP contribution in [0.15, 0.2) is 12.1 Å². The van der Waals surface area contributed by atoms with E-state index in [2.05, 4.69) is 18.7 Å². The van der Waals surface area contributed by atoms with Gasteiger partial charge < -0.3 is 14.9 Å². The van der Waals surface area contributed by atoms with Gasteiger partial charge in [-0.1, -0.05) is 39.2 Å². The molecule has 1 aromatic carbocycles. The van der Waals surface area contributed by atoms with Crippen LogP contribution in [0.5, 0.6) is 11.5 Å². The zero-order valence-electron chi connectivity index (χ0n) is 18.3. The number of hydrogen-bond donors (Lipinski definition) is 2. The van der Waals surface area contributed by atoms with Gasteiger partial charge >= 0.3 is 0 Å². The molecule has 2 aliphatic heterocycles. The van der Waals surface area contributed by atoms with Crippen LogP contribution >= 0.6 is 0 Å². The number of piperidine rings is 1. The van der Waals surface area contributed by atoms with Gasteiger partial charge in [0.2, 0.25) is 0 Å². The molecule has 0 unspecified atom stereocenters. The van der Waals surface area contributed by atoms with E-state index < -0.39 is 17.1 Å². The van der Waals surface area contributed by atoms with Gasteiger partial charge in [0.05, 0.1) is 11.0 Å². The molecule has 2 bridgehead atoms. The molecule has 2 heterocycles. The molecule has 4 atom stereocenters. The van der Waals surface area contributed by atoms with Crippen LogP contribution in [0.3, 0.4) is 0 Å². The highest BCUT2D eigenvalue weighted by Crippen LogP contribution is 2.64. The Balaban J connectivity index is 0.000000349. The summed E-state index contributed by atoms with van der Waals surface area (Å²) >= 11 is 0. The van der Waals surface area contributed by atoms with Gasteiger partial charge in [-0.25, -0.2) is 0 Å². The van der Waals surface area contributed by atoms with Crippen LogP contribution < -0.4 is 4.74 Å². The number of unbranched alkanes of at least 4 members (excludes halogenated alkanes) is 2. The molecule has 164 valence electrons. The molecule has 2 N–H and O–H groups in total. The van der Waals surface area contributed by atoms with Crippen molar-refractivity contribution in [2.45, 2.75) is 94.8 Å². The predicted molar refractivity (Wildman–Crippen MR) is 115 cm³/mol. The van der Waals surface area contributed by atoms with E-state index in [1.54, 1.807) is 6.07 Å². The number of aromatic hydroxyl groups is 1. The highest BCUT2D eigenvalue weighted by molar-refractivity contribution is 5.90. The monoisotopic (exact) mass is 413 g/mol. The Hall–Kier alpha value is -1.59. The lowest BCUT2D eigenvalue weighted by Crippen LogP contribution is -2.76. The maximum atomic E-state index is 12.7. The largest absolute Gasteiger partial charge is 0.504 e. The lowest BCUT2D eigenvalue weighted by Gasteiger charge is -2.62. The molecule has 1 saturated heterocycles. The molecule has 3 fully saturated rings. The van der Waals surface area contributed by atoms with Crippen molar-refractivity contribution in [2.24, 2.45) is 5.92 Å². The summed E-state index contributed by atoms with van der Waals surface area (Å²) in [5.74, 6) is 1.39. The molecular weight excluding hydrogens is 378 g/mol. The first-order valence-corrected chi connectivity index (χ1v) is 12.0. The second-order valence-electron chi connectivity index (χ2n) is 10.1. The highest BCUT2D eigenvalue weighted by atomic mass is 16.5. The number of hydrogen-bond acceptors (Lipinski definition) is 5.